The standard InChI is InChI=1S/C13H9F2N3O2/c1-6-12-9(5-11(19)16-6)17-18(13(12)20)10-3-2-7(14)4-8(10)15/h2-5,17H,1H3,(H,16,19). The van der Waals surface area contributed by atoms with Crippen molar-refractivity contribution in [3.05, 3.63) is 62.3 Å². The van der Waals surface area contributed by atoms with Crippen molar-refractivity contribution in [2.75, 3.05) is 0 Å². The zero-order chi connectivity index (χ0) is 14.4. The van der Waals surface area contributed by atoms with Gasteiger partial charge in [-0.15, -0.1) is 0 Å². The minimum Gasteiger partial charge on any atom is -0.326 e. The lowest BCUT2D eigenvalue weighted by molar-refractivity contribution is 0.573. The second-order valence-corrected chi connectivity index (χ2v) is 4.40. The van der Waals surface area contributed by atoms with Crippen LogP contribution >= 0.6 is 0 Å². The first-order chi connectivity index (χ1) is 9.47. The van der Waals surface area contributed by atoms with Crippen LogP contribution in [0.1, 0.15) is 5.69 Å². The molecule has 0 fully saturated rings. The molecule has 0 bridgehead atoms. The summed E-state index contributed by atoms with van der Waals surface area (Å²) in [5.74, 6) is -1.61. The average Bonchev–Trinajstić information content (AvgIpc) is 2.66. The number of aryl methyl sites for hydroxylation is 1. The normalized spacial score (nSPS) is 11.2. The Balaban J connectivity index is 2.38. The molecule has 0 saturated heterocycles. The molecule has 0 aliphatic carbocycles. The van der Waals surface area contributed by atoms with Gasteiger partial charge < -0.3 is 4.98 Å². The summed E-state index contributed by atoms with van der Waals surface area (Å²) in [6, 6.07) is 4.10. The number of rotatable bonds is 1. The largest absolute Gasteiger partial charge is 0.326 e. The van der Waals surface area contributed by atoms with Crippen LogP contribution in [-0.2, 0) is 0 Å². The fraction of sp³-hybridized carbons (Fsp3) is 0.0769. The maximum atomic E-state index is 13.7. The lowest BCUT2D eigenvalue weighted by Crippen LogP contribution is -2.16. The number of aromatic nitrogens is 3. The fourth-order valence-corrected chi connectivity index (χ4v) is 2.17. The Morgan fingerprint density at radius 3 is 2.60 bits per heavy atom. The second kappa shape index (κ2) is 4.16. The number of nitrogens with one attached hydrogen (secondary N) is 2. The number of aromatic amines is 2. The van der Waals surface area contributed by atoms with E-state index >= 15 is 0 Å². The van der Waals surface area contributed by atoms with Gasteiger partial charge in [-0.05, 0) is 19.1 Å². The van der Waals surface area contributed by atoms with E-state index in [-0.39, 0.29) is 16.6 Å². The first-order valence-electron chi connectivity index (χ1n) is 5.77. The van der Waals surface area contributed by atoms with E-state index in [1.54, 1.807) is 6.92 Å². The molecule has 102 valence electrons. The number of H-pyrrole nitrogens is 2. The highest BCUT2D eigenvalue weighted by molar-refractivity contribution is 5.80. The van der Waals surface area contributed by atoms with Crippen LogP contribution in [0.3, 0.4) is 0 Å². The van der Waals surface area contributed by atoms with Crippen molar-refractivity contribution in [2.24, 2.45) is 0 Å². The fourth-order valence-electron chi connectivity index (χ4n) is 2.17. The maximum absolute atomic E-state index is 13.7. The number of halogens is 2. The van der Waals surface area contributed by atoms with Gasteiger partial charge in [0, 0.05) is 17.8 Å². The third-order valence-electron chi connectivity index (χ3n) is 3.03. The van der Waals surface area contributed by atoms with Crippen molar-refractivity contribution in [3.8, 4) is 5.69 Å². The van der Waals surface area contributed by atoms with Crippen molar-refractivity contribution < 1.29 is 8.78 Å². The van der Waals surface area contributed by atoms with Crippen LogP contribution in [0.4, 0.5) is 8.78 Å². The number of hydrogen-bond acceptors (Lipinski definition) is 2. The molecular formula is C13H9F2N3O2. The summed E-state index contributed by atoms with van der Waals surface area (Å²) in [7, 11) is 0. The van der Waals surface area contributed by atoms with Crippen molar-refractivity contribution in [2.45, 2.75) is 6.92 Å². The Labute approximate surface area is 110 Å². The molecule has 0 spiro atoms. The lowest BCUT2D eigenvalue weighted by atomic mass is 10.2. The van der Waals surface area contributed by atoms with E-state index in [2.05, 4.69) is 10.1 Å². The highest BCUT2D eigenvalue weighted by atomic mass is 19.1. The Bertz CT molecular complexity index is 937. The molecule has 2 aromatic heterocycles. The van der Waals surface area contributed by atoms with Gasteiger partial charge in [0.05, 0.1) is 10.9 Å². The number of benzene rings is 1. The van der Waals surface area contributed by atoms with Crippen LogP contribution < -0.4 is 11.1 Å². The van der Waals surface area contributed by atoms with Crippen LogP contribution in [0, 0.1) is 18.6 Å². The van der Waals surface area contributed by atoms with Gasteiger partial charge in [-0.1, -0.05) is 0 Å². The van der Waals surface area contributed by atoms with E-state index in [9.17, 15) is 18.4 Å². The van der Waals surface area contributed by atoms with Gasteiger partial charge in [-0.3, -0.25) is 14.7 Å². The molecule has 0 saturated carbocycles. The van der Waals surface area contributed by atoms with E-state index in [1.807, 2.05) is 0 Å². The first-order valence-corrected chi connectivity index (χ1v) is 5.77. The molecule has 0 amide bonds. The minimum absolute atomic E-state index is 0.112. The van der Waals surface area contributed by atoms with Gasteiger partial charge in [0.15, 0.2) is 5.82 Å². The monoisotopic (exact) mass is 277 g/mol. The van der Waals surface area contributed by atoms with Crippen molar-refractivity contribution in [1.82, 2.24) is 14.8 Å². The van der Waals surface area contributed by atoms with E-state index in [4.69, 9.17) is 0 Å². The van der Waals surface area contributed by atoms with Crippen molar-refractivity contribution >= 4 is 10.9 Å². The molecule has 2 heterocycles. The molecule has 2 N–H and O–H groups in total. The average molecular weight is 277 g/mol. The van der Waals surface area contributed by atoms with Gasteiger partial charge in [-0.2, -0.15) is 0 Å². The van der Waals surface area contributed by atoms with Crippen LogP contribution in [0.25, 0.3) is 16.6 Å². The molecule has 0 unspecified atom stereocenters. The van der Waals surface area contributed by atoms with E-state index < -0.39 is 17.2 Å². The topological polar surface area (TPSA) is 70.7 Å². The molecule has 0 atom stereocenters. The summed E-state index contributed by atoms with van der Waals surface area (Å²) in [6.45, 7) is 1.57. The molecule has 1 aromatic carbocycles. The third kappa shape index (κ3) is 1.75. The molecule has 0 aliphatic heterocycles. The molecule has 5 nitrogen and oxygen atoms in total. The number of hydrogen-bond donors (Lipinski definition) is 2. The SMILES string of the molecule is Cc1[nH]c(=O)cc2[nH]n(-c3ccc(F)cc3F)c(=O)c12. The number of fused-ring (bicyclic) bond motifs is 1. The summed E-state index contributed by atoms with van der Waals surface area (Å²) in [4.78, 5) is 26.1. The molecule has 3 rings (SSSR count). The molecule has 3 aromatic rings. The maximum Gasteiger partial charge on any atom is 0.280 e. The molecule has 0 radical (unpaired) electrons. The van der Waals surface area contributed by atoms with Crippen molar-refractivity contribution in [3.63, 3.8) is 0 Å². The third-order valence-corrected chi connectivity index (χ3v) is 3.03. The van der Waals surface area contributed by atoms with Crippen LogP contribution in [0.15, 0.2) is 33.9 Å². The predicted molar refractivity (Wildman–Crippen MR) is 69.2 cm³/mol. The Morgan fingerprint density at radius 2 is 1.90 bits per heavy atom. The second-order valence-electron chi connectivity index (χ2n) is 4.40. The number of pyridine rings is 1. The minimum atomic E-state index is -0.873. The highest BCUT2D eigenvalue weighted by Gasteiger charge is 2.14. The Kier molecular flexibility index (Phi) is 2.56. The zero-order valence-electron chi connectivity index (χ0n) is 10.3. The zero-order valence-corrected chi connectivity index (χ0v) is 10.3. The summed E-state index contributed by atoms with van der Waals surface area (Å²) >= 11 is 0. The van der Waals surface area contributed by atoms with E-state index in [0.717, 1.165) is 16.8 Å². The van der Waals surface area contributed by atoms with Crippen LogP contribution in [0.5, 0.6) is 0 Å². The molecule has 20 heavy (non-hydrogen) atoms. The van der Waals surface area contributed by atoms with Gasteiger partial charge in [0.1, 0.15) is 11.5 Å². The van der Waals surface area contributed by atoms with Gasteiger partial charge in [0.25, 0.3) is 5.56 Å². The van der Waals surface area contributed by atoms with Crippen molar-refractivity contribution in [1.29, 1.82) is 0 Å². The lowest BCUT2D eigenvalue weighted by Gasteiger charge is -2.02. The van der Waals surface area contributed by atoms with E-state index in [1.165, 1.54) is 6.07 Å². The molecular weight excluding hydrogens is 268 g/mol. The molecule has 0 aliphatic rings. The quantitative estimate of drug-likeness (QED) is 0.709. The number of nitrogens with zero attached hydrogens (tertiary/aromatic N) is 1. The Hall–Kier alpha value is -2.70. The Morgan fingerprint density at radius 1 is 1.15 bits per heavy atom. The summed E-state index contributed by atoms with van der Waals surface area (Å²) in [6.07, 6.45) is 0. The highest BCUT2D eigenvalue weighted by Crippen LogP contribution is 2.15. The predicted octanol–water partition coefficient (Wildman–Crippen LogP) is 1.59. The van der Waals surface area contributed by atoms with Gasteiger partial charge in [-0.25, -0.2) is 13.5 Å². The molecule has 7 heteroatoms. The van der Waals surface area contributed by atoms with E-state index in [0.29, 0.717) is 17.3 Å². The van der Waals surface area contributed by atoms with Gasteiger partial charge >= 0.3 is 0 Å². The van der Waals surface area contributed by atoms with Crippen LogP contribution in [-0.4, -0.2) is 14.8 Å². The van der Waals surface area contributed by atoms with Crippen LogP contribution in [0.2, 0.25) is 0 Å². The summed E-state index contributed by atoms with van der Waals surface area (Å²) in [5, 5.41) is 2.90. The van der Waals surface area contributed by atoms with Gasteiger partial charge in [0.2, 0.25) is 5.56 Å². The first kappa shape index (κ1) is 12.3. The summed E-state index contributed by atoms with van der Waals surface area (Å²) < 4.78 is 27.6. The smallest absolute Gasteiger partial charge is 0.280 e. The summed E-state index contributed by atoms with van der Waals surface area (Å²) in [5.41, 5.74) is -0.323.